The van der Waals surface area contributed by atoms with Crippen LogP contribution in [0.2, 0.25) is 0 Å². The first-order valence-electron chi connectivity index (χ1n) is 9.56. The van der Waals surface area contributed by atoms with Crippen molar-refractivity contribution in [3.63, 3.8) is 0 Å². The molecule has 2 aromatic rings. The van der Waals surface area contributed by atoms with Crippen LogP contribution in [0.1, 0.15) is 24.8 Å². The number of H-pyrrole nitrogens is 1. The Balaban J connectivity index is 0.00000280. The Labute approximate surface area is 183 Å². The van der Waals surface area contributed by atoms with Crippen LogP contribution in [0.15, 0.2) is 35.5 Å². The number of fused-ring (bicyclic) bond motifs is 1. The summed E-state index contributed by atoms with van der Waals surface area (Å²) in [6.45, 7) is 2.28. The highest BCUT2D eigenvalue weighted by Crippen LogP contribution is 2.18. The van der Waals surface area contributed by atoms with Crippen molar-refractivity contribution in [2.24, 2.45) is 4.99 Å². The van der Waals surface area contributed by atoms with E-state index in [1.807, 2.05) is 0 Å². The number of carbonyl (C=O) groups excluding carboxylic acids is 1. The lowest BCUT2D eigenvalue weighted by molar-refractivity contribution is 0.111. The van der Waals surface area contributed by atoms with E-state index in [-0.39, 0.29) is 30.1 Å². The first kappa shape index (κ1) is 22.3. The van der Waals surface area contributed by atoms with Crippen molar-refractivity contribution in [3.05, 3.63) is 36.0 Å². The van der Waals surface area contributed by atoms with Crippen molar-refractivity contribution >= 4 is 46.9 Å². The van der Waals surface area contributed by atoms with Crippen molar-refractivity contribution in [2.75, 3.05) is 33.8 Å². The predicted octanol–water partition coefficient (Wildman–Crippen LogP) is 3.11. The molecule has 2 heterocycles. The fraction of sp³-hybridized carbons (Fsp3) is 0.500. The maximum absolute atomic E-state index is 11.6. The summed E-state index contributed by atoms with van der Waals surface area (Å²) in [6, 6.07) is 8.72. The second-order valence-corrected chi connectivity index (χ2v) is 6.84. The Hall–Kier alpha value is -1.97. The molecule has 154 valence electrons. The molecule has 0 unspecified atom stereocenters. The number of nitrogens with zero attached hydrogens (tertiary/aromatic N) is 2. The fourth-order valence-electron chi connectivity index (χ4n) is 3.55. The first-order chi connectivity index (χ1) is 13.2. The van der Waals surface area contributed by atoms with Gasteiger partial charge in [-0.1, -0.05) is 18.2 Å². The van der Waals surface area contributed by atoms with Gasteiger partial charge in [0.25, 0.3) is 0 Å². The maximum Gasteiger partial charge on any atom is 0.409 e. The summed E-state index contributed by atoms with van der Waals surface area (Å²) in [5.74, 6) is 0.824. The molecule has 1 fully saturated rings. The zero-order valence-electron chi connectivity index (χ0n) is 16.5. The molecule has 1 aromatic heterocycles. The number of aryl methyl sites for hydroxylation is 1. The number of aliphatic imine (C=N–C) groups is 1. The lowest BCUT2D eigenvalue weighted by Gasteiger charge is -2.32. The summed E-state index contributed by atoms with van der Waals surface area (Å²) in [5, 5.41) is 8.16. The van der Waals surface area contributed by atoms with Crippen LogP contribution in [0.3, 0.4) is 0 Å². The standard InChI is InChI=1S/C20H29N5O2.HI/c1-21-19(24-16-9-12-25(13-10-16)20(26)27-2)22-11-5-6-15-14-23-18-8-4-3-7-17(15)18;/h3-4,7-8,14,16,23H,5-6,9-13H2,1-2H3,(H2,21,22,24);1H. The van der Waals surface area contributed by atoms with E-state index in [0.717, 1.165) is 38.2 Å². The van der Waals surface area contributed by atoms with Crippen molar-refractivity contribution < 1.29 is 9.53 Å². The average Bonchev–Trinajstić information content (AvgIpc) is 3.13. The van der Waals surface area contributed by atoms with Gasteiger partial charge in [-0.2, -0.15) is 0 Å². The van der Waals surface area contributed by atoms with Crippen molar-refractivity contribution in [3.8, 4) is 0 Å². The fourth-order valence-corrected chi connectivity index (χ4v) is 3.55. The Morgan fingerprint density at radius 1 is 1.32 bits per heavy atom. The normalized spacial score (nSPS) is 15.2. The largest absolute Gasteiger partial charge is 0.453 e. The van der Waals surface area contributed by atoms with Gasteiger partial charge in [-0.05, 0) is 37.3 Å². The van der Waals surface area contributed by atoms with Gasteiger partial charge in [-0.15, -0.1) is 24.0 Å². The second kappa shape index (κ2) is 11.1. The number of amides is 1. The van der Waals surface area contributed by atoms with E-state index < -0.39 is 0 Å². The van der Waals surface area contributed by atoms with E-state index in [1.54, 1.807) is 11.9 Å². The van der Waals surface area contributed by atoms with Crippen LogP contribution in [0.5, 0.6) is 0 Å². The number of benzene rings is 1. The number of hydrogen-bond donors (Lipinski definition) is 3. The summed E-state index contributed by atoms with van der Waals surface area (Å²) < 4.78 is 4.78. The van der Waals surface area contributed by atoms with Gasteiger partial charge in [0, 0.05) is 49.8 Å². The first-order valence-corrected chi connectivity index (χ1v) is 9.56. The number of para-hydroxylation sites is 1. The van der Waals surface area contributed by atoms with E-state index in [4.69, 9.17) is 4.74 Å². The van der Waals surface area contributed by atoms with Gasteiger partial charge >= 0.3 is 6.09 Å². The molecule has 1 amide bonds. The number of methoxy groups -OCH3 is 1. The van der Waals surface area contributed by atoms with Gasteiger partial charge in [0.2, 0.25) is 0 Å². The number of hydrogen-bond acceptors (Lipinski definition) is 3. The minimum absolute atomic E-state index is 0. The summed E-state index contributed by atoms with van der Waals surface area (Å²) in [6.07, 6.45) is 5.70. The van der Waals surface area contributed by atoms with E-state index in [1.165, 1.54) is 23.6 Å². The number of likely N-dealkylation sites (tertiary alicyclic amines) is 1. The lowest BCUT2D eigenvalue weighted by atomic mass is 10.1. The van der Waals surface area contributed by atoms with E-state index in [2.05, 4.69) is 51.1 Å². The van der Waals surface area contributed by atoms with Crippen molar-refractivity contribution in [2.45, 2.75) is 31.7 Å². The minimum atomic E-state index is -0.242. The van der Waals surface area contributed by atoms with Crippen LogP contribution in [-0.2, 0) is 11.2 Å². The molecule has 1 aliphatic rings. The summed E-state index contributed by atoms with van der Waals surface area (Å²) in [7, 11) is 3.22. The number of rotatable bonds is 5. The number of piperidine rings is 1. The summed E-state index contributed by atoms with van der Waals surface area (Å²) in [5.41, 5.74) is 2.54. The molecule has 1 aromatic carbocycles. The topological polar surface area (TPSA) is 81.8 Å². The van der Waals surface area contributed by atoms with Gasteiger partial charge in [-0.3, -0.25) is 4.99 Å². The number of guanidine groups is 1. The third kappa shape index (κ3) is 5.76. The lowest BCUT2D eigenvalue weighted by Crippen LogP contribution is -2.49. The number of halogens is 1. The molecule has 3 rings (SSSR count). The molecule has 8 heteroatoms. The van der Waals surface area contributed by atoms with Crippen LogP contribution >= 0.6 is 24.0 Å². The molecule has 0 atom stereocenters. The quantitative estimate of drug-likeness (QED) is 0.256. The highest BCUT2D eigenvalue weighted by Gasteiger charge is 2.23. The summed E-state index contributed by atoms with van der Waals surface area (Å²) in [4.78, 5) is 20.9. The van der Waals surface area contributed by atoms with Crippen LogP contribution in [0.4, 0.5) is 4.79 Å². The van der Waals surface area contributed by atoms with Gasteiger partial charge in [0.15, 0.2) is 5.96 Å². The molecule has 0 aliphatic carbocycles. The molecule has 0 bridgehead atoms. The van der Waals surface area contributed by atoms with Gasteiger partial charge < -0.3 is 25.3 Å². The summed E-state index contributed by atoms with van der Waals surface area (Å²) >= 11 is 0. The van der Waals surface area contributed by atoms with E-state index in [9.17, 15) is 4.79 Å². The molecule has 0 spiro atoms. The highest BCUT2D eigenvalue weighted by molar-refractivity contribution is 14.0. The zero-order chi connectivity index (χ0) is 19.1. The third-order valence-corrected chi connectivity index (χ3v) is 5.08. The number of aromatic nitrogens is 1. The molecule has 1 saturated heterocycles. The molecule has 28 heavy (non-hydrogen) atoms. The number of aromatic amines is 1. The van der Waals surface area contributed by atoms with E-state index >= 15 is 0 Å². The van der Waals surface area contributed by atoms with Crippen LogP contribution < -0.4 is 10.6 Å². The Morgan fingerprint density at radius 2 is 2.07 bits per heavy atom. The number of ether oxygens (including phenoxy) is 1. The molecule has 7 nitrogen and oxygen atoms in total. The Morgan fingerprint density at radius 3 is 2.79 bits per heavy atom. The Bertz CT molecular complexity index is 784. The highest BCUT2D eigenvalue weighted by atomic mass is 127. The average molecular weight is 499 g/mol. The SMILES string of the molecule is CN=C(NCCCc1c[nH]c2ccccc12)NC1CCN(C(=O)OC)CC1.I. The second-order valence-electron chi connectivity index (χ2n) is 6.84. The number of nitrogens with one attached hydrogen (secondary N) is 3. The van der Waals surface area contributed by atoms with Crippen LogP contribution in [0, 0.1) is 0 Å². The molecule has 1 aliphatic heterocycles. The smallest absolute Gasteiger partial charge is 0.409 e. The number of carbonyl (C=O) groups is 1. The molecule has 3 N–H and O–H groups in total. The third-order valence-electron chi connectivity index (χ3n) is 5.08. The molecular formula is C20H30IN5O2. The predicted molar refractivity (Wildman–Crippen MR) is 124 cm³/mol. The molecular weight excluding hydrogens is 469 g/mol. The van der Waals surface area contributed by atoms with E-state index in [0.29, 0.717) is 19.1 Å². The van der Waals surface area contributed by atoms with Crippen LogP contribution in [0.25, 0.3) is 10.9 Å². The van der Waals surface area contributed by atoms with Crippen LogP contribution in [-0.4, -0.2) is 61.8 Å². The van der Waals surface area contributed by atoms with Gasteiger partial charge in [-0.25, -0.2) is 4.79 Å². The Kier molecular flexibility index (Phi) is 8.88. The monoisotopic (exact) mass is 499 g/mol. The maximum atomic E-state index is 11.6. The zero-order valence-corrected chi connectivity index (χ0v) is 18.9. The van der Waals surface area contributed by atoms with Crippen molar-refractivity contribution in [1.29, 1.82) is 0 Å². The molecule has 0 radical (unpaired) electrons. The molecule has 0 saturated carbocycles. The van der Waals surface area contributed by atoms with Crippen molar-refractivity contribution in [1.82, 2.24) is 20.5 Å². The van der Waals surface area contributed by atoms with Gasteiger partial charge in [0.05, 0.1) is 7.11 Å². The minimum Gasteiger partial charge on any atom is -0.453 e. The van der Waals surface area contributed by atoms with Gasteiger partial charge in [0.1, 0.15) is 0 Å².